The van der Waals surface area contributed by atoms with E-state index in [1.807, 2.05) is 0 Å². The van der Waals surface area contributed by atoms with Crippen molar-refractivity contribution in [2.45, 2.75) is 36.0 Å². The fraction of sp³-hybridized carbons (Fsp3) is 0.538. The Labute approximate surface area is 121 Å². The Balaban J connectivity index is 2.40. The van der Waals surface area contributed by atoms with Crippen molar-refractivity contribution < 1.29 is 18.3 Å². The highest BCUT2D eigenvalue weighted by Gasteiger charge is 2.55. The summed E-state index contributed by atoms with van der Waals surface area (Å²) in [5.41, 5.74) is -0.975. The van der Waals surface area contributed by atoms with Crippen molar-refractivity contribution in [1.82, 2.24) is 0 Å². The lowest BCUT2D eigenvalue weighted by Gasteiger charge is -2.17. The Morgan fingerprint density at radius 3 is 2.53 bits per heavy atom. The number of methoxy groups -OCH3 is 1. The van der Waals surface area contributed by atoms with Crippen LogP contribution in [0.25, 0.3) is 0 Å². The number of sulfone groups is 1. The van der Waals surface area contributed by atoms with Crippen LogP contribution in [0.1, 0.15) is 20.3 Å². The predicted octanol–water partition coefficient (Wildman–Crippen LogP) is 2.39. The van der Waals surface area contributed by atoms with Crippen molar-refractivity contribution in [1.29, 1.82) is 0 Å². The van der Waals surface area contributed by atoms with Crippen LogP contribution in [0.2, 0.25) is 0 Å². The molecule has 106 valence electrons. The van der Waals surface area contributed by atoms with Crippen LogP contribution in [-0.2, 0) is 9.84 Å². The smallest absolute Gasteiger partial charge is 0.185 e. The van der Waals surface area contributed by atoms with Crippen molar-refractivity contribution in [3.05, 3.63) is 22.7 Å². The number of rotatable bonds is 4. The van der Waals surface area contributed by atoms with E-state index in [4.69, 9.17) is 4.74 Å². The second-order valence-corrected chi connectivity index (χ2v) is 8.43. The topological polar surface area (TPSA) is 63.6 Å². The summed E-state index contributed by atoms with van der Waals surface area (Å²) in [6.45, 7) is 3.29. The second kappa shape index (κ2) is 4.75. The van der Waals surface area contributed by atoms with E-state index in [2.05, 4.69) is 15.9 Å². The van der Waals surface area contributed by atoms with Gasteiger partial charge in [-0.3, -0.25) is 0 Å². The van der Waals surface area contributed by atoms with E-state index < -0.39 is 20.7 Å². The minimum absolute atomic E-state index is 0.182. The van der Waals surface area contributed by atoms with Gasteiger partial charge in [0.15, 0.2) is 9.84 Å². The highest BCUT2D eigenvalue weighted by atomic mass is 79.9. The third kappa shape index (κ3) is 2.80. The second-order valence-electron chi connectivity index (χ2n) is 5.37. The fourth-order valence-electron chi connectivity index (χ4n) is 2.29. The molecule has 0 heterocycles. The molecule has 1 aromatic carbocycles. The predicted molar refractivity (Wildman–Crippen MR) is 76.1 cm³/mol. The average Bonchev–Trinajstić information content (AvgIpc) is 3.08. The molecular weight excluding hydrogens is 332 g/mol. The van der Waals surface area contributed by atoms with Gasteiger partial charge in [0.1, 0.15) is 10.6 Å². The standard InChI is InChI=1S/C13H17BrO4S/c1-13(2,15)9-7-11(9)19(16,17)12-6-8(14)4-5-10(12)18-3/h4-6,9,11,15H,7H2,1-3H3/t9-,11-/m0/s1. The molecule has 0 aliphatic heterocycles. The molecule has 0 aromatic heterocycles. The Hall–Kier alpha value is -0.590. The number of hydrogen-bond acceptors (Lipinski definition) is 4. The molecule has 6 heteroatoms. The number of halogens is 1. The molecule has 0 amide bonds. The van der Waals surface area contributed by atoms with Crippen molar-refractivity contribution >= 4 is 25.8 Å². The van der Waals surface area contributed by atoms with E-state index in [0.29, 0.717) is 16.6 Å². The normalized spacial score (nSPS) is 23.2. The molecule has 0 saturated heterocycles. The molecule has 0 spiro atoms. The van der Waals surface area contributed by atoms with E-state index in [9.17, 15) is 13.5 Å². The largest absolute Gasteiger partial charge is 0.495 e. The summed E-state index contributed by atoms with van der Waals surface area (Å²) in [6.07, 6.45) is 0.488. The van der Waals surface area contributed by atoms with Gasteiger partial charge in [0.2, 0.25) is 0 Å². The molecule has 19 heavy (non-hydrogen) atoms. The lowest BCUT2D eigenvalue weighted by atomic mass is 10.0. The van der Waals surface area contributed by atoms with Crippen LogP contribution in [-0.4, -0.2) is 31.5 Å². The lowest BCUT2D eigenvalue weighted by molar-refractivity contribution is 0.0571. The monoisotopic (exact) mass is 348 g/mol. The first kappa shape index (κ1) is 14.8. The zero-order valence-corrected chi connectivity index (χ0v) is 13.5. The Kier molecular flexibility index (Phi) is 3.70. The molecule has 2 rings (SSSR count). The number of hydrogen-bond donors (Lipinski definition) is 1. The highest BCUT2D eigenvalue weighted by Crippen LogP contribution is 2.48. The van der Waals surface area contributed by atoms with Crippen LogP contribution < -0.4 is 4.74 Å². The highest BCUT2D eigenvalue weighted by molar-refractivity contribution is 9.10. The molecule has 1 aliphatic carbocycles. The maximum absolute atomic E-state index is 12.6. The van der Waals surface area contributed by atoms with Gasteiger partial charge in [0, 0.05) is 10.4 Å². The lowest BCUT2D eigenvalue weighted by Crippen LogP contribution is -2.26. The number of aliphatic hydroxyl groups is 1. The maximum atomic E-state index is 12.6. The van der Waals surface area contributed by atoms with Gasteiger partial charge < -0.3 is 9.84 Å². The number of ether oxygens (including phenoxy) is 1. The van der Waals surface area contributed by atoms with Crippen LogP contribution in [0.4, 0.5) is 0 Å². The van der Waals surface area contributed by atoms with Gasteiger partial charge in [-0.25, -0.2) is 8.42 Å². The van der Waals surface area contributed by atoms with Crippen molar-refractivity contribution in [2.75, 3.05) is 7.11 Å². The Morgan fingerprint density at radius 2 is 2.05 bits per heavy atom. The van der Waals surface area contributed by atoms with Gasteiger partial charge in [-0.15, -0.1) is 0 Å². The Morgan fingerprint density at radius 1 is 1.42 bits per heavy atom. The molecule has 1 aliphatic rings. The van der Waals surface area contributed by atoms with E-state index in [-0.39, 0.29) is 10.8 Å². The Bertz CT molecular complexity index is 589. The quantitative estimate of drug-likeness (QED) is 0.907. The zero-order chi connectivity index (χ0) is 14.4. The first-order chi connectivity index (χ1) is 8.67. The molecular formula is C13H17BrO4S. The van der Waals surface area contributed by atoms with Gasteiger partial charge in [-0.2, -0.15) is 0 Å². The van der Waals surface area contributed by atoms with Gasteiger partial charge in [0.25, 0.3) is 0 Å². The maximum Gasteiger partial charge on any atom is 0.185 e. The SMILES string of the molecule is COc1ccc(Br)cc1S(=O)(=O)[C@H]1C[C@@H]1C(C)(C)O. The molecule has 2 atom stereocenters. The summed E-state index contributed by atoms with van der Waals surface area (Å²) in [5.74, 6) is 0.116. The van der Waals surface area contributed by atoms with Gasteiger partial charge >= 0.3 is 0 Å². The summed E-state index contributed by atoms with van der Waals surface area (Å²) >= 11 is 3.27. The van der Waals surface area contributed by atoms with E-state index in [1.54, 1.807) is 32.0 Å². The van der Waals surface area contributed by atoms with E-state index in [1.165, 1.54) is 7.11 Å². The minimum Gasteiger partial charge on any atom is -0.495 e. The third-order valence-corrected chi connectivity index (χ3v) is 6.21. The van der Waals surface area contributed by atoms with Gasteiger partial charge in [0.05, 0.1) is 18.0 Å². The minimum atomic E-state index is -3.48. The van der Waals surface area contributed by atoms with Gasteiger partial charge in [-0.05, 0) is 38.5 Å². The average molecular weight is 349 g/mol. The molecule has 0 radical (unpaired) electrons. The molecule has 0 unspecified atom stereocenters. The van der Waals surface area contributed by atoms with Crippen molar-refractivity contribution in [2.24, 2.45) is 5.92 Å². The van der Waals surface area contributed by atoms with Crippen LogP contribution in [0.5, 0.6) is 5.75 Å². The van der Waals surface area contributed by atoms with Crippen LogP contribution in [0.15, 0.2) is 27.6 Å². The van der Waals surface area contributed by atoms with Crippen molar-refractivity contribution in [3.63, 3.8) is 0 Å². The van der Waals surface area contributed by atoms with E-state index >= 15 is 0 Å². The summed E-state index contributed by atoms with van der Waals surface area (Å²) in [4.78, 5) is 0.182. The third-order valence-electron chi connectivity index (χ3n) is 3.47. The zero-order valence-electron chi connectivity index (χ0n) is 11.1. The van der Waals surface area contributed by atoms with Crippen LogP contribution in [0, 0.1) is 5.92 Å². The molecule has 1 N–H and O–H groups in total. The fourth-order valence-corrected chi connectivity index (χ4v) is 5.08. The molecule has 1 saturated carbocycles. The first-order valence-corrected chi connectivity index (χ1v) is 8.31. The van der Waals surface area contributed by atoms with Crippen molar-refractivity contribution in [3.8, 4) is 5.75 Å². The summed E-state index contributed by atoms with van der Waals surface area (Å²) in [6, 6.07) is 4.91. The van der Waals surface area contributed by atoms with Crippen LogP contribution in [0.3, 0.4) is 0 Å². The van der Waals surface area contributed by atoms with Gasteiger partial charge in [-0.1, -0.05) is 15.9 Å². The summed E-state index contributed by atoms with van der Waals surface area (Å²) in [7, 11) is -2.03. The van der Waals surface area contributed by atoms with Crippen LogP contribution >= 0.6 is 15.9 Å². The van der Waals surface area contributed by atoms with E-state index in [0.717, 1.165) is 0 Å². The molecule has 1 aromatic rings. The number of benzene rings is 1. The molecule has 0 bridgehead atoms. The summed E-state index contributed by atoms with van der Waals surface area (Å²) < 4.78 is 31.0. The summed E-state index contributed by atoms with van der Waals surface area (Å²) in [5, 5.41) is 9.38. The molecule has 4 nitrogen and oxygen atoms in total. The first-order valence-electron chi connectivity index (χ1n) is 5.97. The molecule has 1 fully saturated rings.